The number of anilines is 2. The van der Waals surface area contributed by atoms with Crippen molar-refractivity contribution in [1.82, 2.24) is 0 Å². The molecule has 0 bridgehead atoms. The van der Waals surface area contributed by atoms with Gasteiger partial charge >= 0.3 is 0 Å². The van der Waals surface area contributed by atoms with Gasteiger partial charge in [-0.25, -0.2) is 26.4 Å². The lowest BCUT2D eigenvalue weighted by Crippen LogP contribution is -2.18. The Balaban J connectivity index is 2.45. The Morgan fingerprint density at radius 3 is 2.09 bits per heavy atom. The number of para-hydroxylation sites is 1. The Hall–Kier alpha value is -2.17. The molecule has 0 saturated carbocycles. The van der Waals surface area contributed by atoms with Crippen LogP contribution in [0.4, 0.5) is 15.8 Å². The van der Waals surface area contributed by atoms with E-state index < -0.39 is 30.8 Å². The summed E-state index contributed by atoms with van der Waals surface area (Å²) in [6, 6.07) is 7.83. The predicted molar refractivity (Wildman–Crippen MR) is 79.4 cm³/mol. The first-order chi connectivity index (χ1) is 10.1. The van der Waals surface area contributed by atoms with E-state index in [1.807, 2.05) is 0 Å². The fourth-order valence-electron chi connectivity index (χ4n) is 1.70. The lowest BCUT2D eigenvalue weighted by Gasteiger charge is -2.12. The summed E-state index contributed by atoms with van der Waals surface area (Å²) in [5, 5.41) is 4.99. The van der Waals surface area contributed by atoms with Crippen LogP contribution in [0.3, 0.4) is 0 Å². The van der Waals surface area contributed by atoms with Gasteiger partial charge in [0.1, 0.15) is 10.7 Å². The van der Waals surface area contributed by atoms with Gasteiger partial charge in [-0.15, -0.1) is 0 Å². The van der Waals surface area contributed by atoms with Crippen LogP contribution in [0.15, 0.2) is 52.3 Å². The van der Waals surface area contributed by atoms with Crippen molar-refractivity contribution in [1.29, 1.82) is 0 Å². The van der Waals surface area contributed by atoms with Gasteiger partial charge in [0, 0.05) is 0 Å². The van der Waals surface area contributed by atoms with Crippen LogP contribution >= 0.6 is 0 Å². The van der Waals surface area contributed by atoms with Crippen LogP contribution in [0.1, 0.15) is 0 Å². The highest BCUT2D eigenvalue weighted by Crippen LogP contribution is 2.27. The molecule has 7 nitrogen and oxygen atoms in total. The van der Waals surface area contributed by atoms with Crippen LogP contribution in [0.2, 0.25) is 0 Å². The lowest BCUT2D eigenvalue weighted by atomic mass is 10.3. The van der Waals surface area contributed by atoms with Gasteiger partial charge in [0.2, 0.25) is 10.0 Å². The van der Waals surface area contributed by atoms with Crippen LogP contribution in [-0.2, 0) is 20.0 Å². The zero-order valence-electron chi connectivity index (χ0n) is 11.0. The van der Waals surface area contributed by atoms with Crippen molar-refractivity contribution in [3.05, 3.63) is 48.3 Å². The maximum Gasteiger partial charge on any atom is 0.261 e. The lowest BCUT2D eigenvalue weighted by molar-refractivity contribution is 0.596. The number of nitrogen functional groups attached to an aromatic ring is 1. The Bertz CT molecular complexity index is 910. The zero-order valence-corrected chi connectivity index (χ0v) is 12.7. The van der Waals surface area contributed by atoms with E-state index in [0.717, 1.165) is 30.3 Å². The van der Waals surface area contributed by atoms with Crippen molar-refractivity contribution < 1.29 is 21.2 Å². The average Bonchev–Trinajstić information content (AvgIpc) is 2.40. The molecule has 2 aromatic rings. The van der Waals surface area contributed by atoms with Crippen molar-refractivity contribution in [2.24, 2.45) is 5.14 Å². The standard InChI is InChI=1S/C12H12FN3O4S2/c13-8-4-6-9(7-5-8)22(19,20)16-10-2-1-3-11(12(10)14)21(15,17)18/h1-7,16H,14H2,(H2,15,17,18). The van der Waals surface area contributed by atoms with Crippen LogP contribution in [0.5, 0.6) is 0 Å². The van der Waals surface area contributed by atoms with E-state index in [1.54, 1.807) is 0 Å². The van der Waals surface area contributed by atoms with Crippen molar-refractivity contribution in [2.45, 2.75) is 9.79 Å². The molecule has 2 aromatic carbocycles. The molecule has 0 radical (unpaired) electrons. The number of hydrogen-bond donors (Lipinski definition) is 3. The first kappa shape index (κ1) is 16.2. The third-order valence-electron chi connectivity index (χ3n) is 2.74. The van der Waals surface area contributed by atoms with E-state index in [1.165, 1.54) is 12.1 Å². The number of nitrogens with two attached hydrogens (primary N) is 2. The second-order valence-electron chi connectivity index (χ2n) is 4.32. The van der Waals surface area contributed by atoms with E-state index >= 15 is 0 Å². The molecule has 0 aliphatic heterocycles. The number of benzene rings is 2. The smallest absolute Gasteiger partial charge is 0.261 e. The maximum atomic E-state index is 12.8. The number of halogens is 1. The number of rotatable bonds is 4. The van der Waals surface area contributed by atoms with Gasteiger partial charge in [0.05, 0.1) is 16.3 Å². The van der Waals surface area contributed by atoms with Gasteiger partial charge < -0.3 is 5.73 Å². The van der Waals surface area contributed by atoms with Crippen LogP contribution < -0.4 is 15.6 Å². The van der Waals surface area contributed by atoms with Gasteiger partial charge in [0.25, 0.3) is 10.0 Å². The topological polar surface area (TPSA) is 132 Å². The molecule has 22 heavy (non-hydrogen) atoms. The Morgan fingerprint density at radius 2 is 1.55 bits per heavy atom. The molecule has 0 amide bonds. The molecule has 0 saturated heterocycles. The second kappa shape index (κ2) is 5.55. The summed E-state index contributed by atoms with van der Waals surface area (Å²) < 4.78 is 62.0. The third-order valence-corrected chi connectivity index (χ3v) is 5.09. The number of hydrogen-bond acceptors (Lipinski definition) is 5. The van der Waals surface area contributed by atoms with E-state index in [-0.39, 0.29) is 16.3 Å². The predicted octanol–water partition coefficient (Wildman–Crippen LogP) is 0.856. The quantitative estimate of drug-likeness (QED) is 0.707. The maximum absolute atomic E-state index is 12.8. The third kappa shape index (κ3) is 3.35. The minimum absolute atomic E-state index is 0.143. The molecule has 0 aromatic heterocycles. The van der Waals surface area contributed by atoms with Crippen LogP contribution in [0, 0.1) is 5.82 Å². The summed E-state index contributed by atoms with van der Waals surface area (Å²) in [6.07, 6.45) is 0. The SMILES string of the molecule is Nc1c(NS(=O)(=O)c2ccc(F)cc2)cccc1S(N)(=O)=O. The van der Waals surface area contributed by atoms with E-state index in [9.17, 15) is 21.2 Å². The molecule has 0 heterocycles. The molecule has 0 aliphatic rings. The monoisotopic (exact) mass is 345 g/mol. The first-order valence-corrected chi connectivity index (χ1v) is 8.84. The van der Waals surface area contributed by atoms with E-state index in [2.05, 4.69) is 4.72 Å². The summed E-state index contributed by atoms with van der Waals surface area (Å²) in [6.45, 7) is 0. The molecule has 0 unspecified atom stereocenters. The number of sulfonamides is 2. The summed E-state index contributed by atoms with van der Waals surface area (Å²) >= 11 is 0. The molecule has 0 atom stereocenters. The number of primary sulfonamides is 1. The summed E-state index contributed by atoms with van der Waals surface area (Å²) in [7, 11) is -8.14. The van der Waals surface area contributed by atoms with Crippen molar-refractivity contribution >= 4 is 31.4 Å². The average molecular weight is 345 g/mol. The molecule has 0 spiro atoms. The van der Waals surface area contributed by atoms with Crippen molar-refractivity contribution in [2.75, 3.05) is 10.5 Å². The molecular weight excluding hydrogens is 333 g/mol. The van der Waals surface area contributed by atoms with Gasteiger partial charge in [0.15, 0.2) is 0 Å². The van der Waals surface area contributed by atoms with E-state index in [4.69, 9.17) is 10.9 Å². The molecule has 5 N–H and O–H groups in total. The van der Waals surface area contributed by atoms with Crippen molar-refractivity contribution in [3.8, 4) is 0 Å². The van der Waals surface area contributed by atoms with Crippen molar-refractivity contribution in [3.63, 3.8) is 0 Å². The highest BCUT2D eigenvalue weighted by atomic mass is 32.2. The highest BCUT2D eigenvalue weighted by Gasteiger charge is 2.19. The zero-order chi connectivity index (χ0) is 16.5. The molecular formula is C12H12FN3O4S2. The summed E-state index contributed by atoms with van der Waals surface area (Å²) in [5.74, 6) is -0.588. The normalized spacial score (nSPS) is 12.1. The number of nitrogens with one attached hydrogen (secondary N) is 1. The van der Waals surface area contributed by atoms with Gasteiger partial charge in [-0.2, -0.15) is 0 Å². The Morgan fingerprint density at radius 1 is 0.955 bits per heavy atom. The fourth-order valence-corrected chi connectivity index (χ4v) is 3.46. The fraction of sp³-hybridized carbons (Fsp3) is 0. The molecule has 10 heteroatoms. The second-order valence-corrected chi connectivity index (χ2v) is 7.53. The van der Waals surface area contributed by atoms with Gasteiger partial charge in [-0.05, 0) is 36.4 Å². The minimum Gasteiger partial charge on any atom is -0.396 e. The minimum atomic E-state index is -4.09. The first-order valence-electron chi connectivity index (χ1n) is 5.81. The van der Waals surface area contributed by atoms with Crippen LogP contribution in [-0.4, -0.2) is 16.8 Å². The highest BCUT2D eigenvalue weighted by molar-refractivity contribution is 7.92. The van der Waals surface area contributed by atoms with E-state index in [0.29, 0.717) is 0 Å². The summed E-state index contributed by atoms with van der Waals surface area (Å²) in [4.78, 5) is -0.596. The summed E-state index contributed by atoms with van der Waals surface area (Å²) in [5.41, 5.74) is 5.17. The molecule has 2 rings (SSSR count). The molecule has 0 aliphatic carbocycles. The molecule has 0 fully saturated rings. The Kier molecular flexibility index (Phi) is 4.09. The van der Waals surface area contributed by atoms with Gasteiger partial charge in [-0.3, -0.25) is 4.72 Å². The largest absolute Gasteiger partial charge is 0.396 e. The Labute approximate surface area is 126 Å². The van der Waals surface area contributed by atoms with Gasteiger partial charge in [-0.1, -0.05) is 6.07 Å². The van der Waals surface area contributed by atoms with Crippen LogP contribution in [0.25, 0.3) is 0 Å². The molecule has 118 valence electrons.